The first-order chi connectivity index (χ1) is 7.13. The van der Waals surface area contributed by atoms with Gasteiger partial charge in [-0.3, -0.25) is 0 Å². The van der Waals surface area contributed by atoms with Gasteiger partial charge in [0, 0.05) is 18.6 Å². The molecule has 0 spiro atoms. The molecular formula is C11H19N3O. The van der Waals surface area contributed by atoms with Crippen LogP contribution in [-0.4, -0.2) is 24.1 Å². The van der Waals surface area contributed by atoms with Crippen LogP contribution in [0.4, 0.5) is 6.01 Å². The van der Waals surface area contributed by atoms with E-state index in [-0.39, 0.29) is 5.54 Å². The van der Waals surface area contributed by atoms with Crippen molar-refractivity contribution < 1.29 is 4.42 Å². The maximum absolute atomic E-state index is 5.51. The second-order valence-electron chi connectivity index (χ2n) is 4.72. The van der Waals surface area contributed by atoms with Crippen molar-refractivity contribution in [2.75, 3.05) is 18.5 Å². The Kier molecular flexibility index (Phi) is 2.69. The third-order valence-corrected chi connectivity index (χ3v) is 3.03. The van der Waals surface area contributed by atoms with Gasteiger partial charge in [-0.1, -0.05) is 0 Å². The zero-order valence-electron chi connectivity index (χ0n) is 9.71. The van der Waals surface area contributed by atoms with Crippen LogP contribution in [0.3, 0.4) is 0 Å². The average molecular weight is 209 g/mol. The van der Waals surface area contributed by atoms with Crippen molar-refractivity contribution >= 4 is 6.01 Å². The Balaban J connectivity index is 2.15. The minimum absolute atomic E-state index is 0.182. The van der Waals surface area contributed by atoms with Crippen LogP contribution in [0.15, 0.2) is 10.7 Å². The lowest BCUT2D eigenvalue weighted by Crippen LogP contribution is -2.38. The van der Waals surface area contributed by atoms with Crippen molar-refractivity contribution in [2.24, 2.45) is 0 Å². The highest BCUT2D eigenvalue weighted by Crippen LogP contribution is 2.32. The second kappa shape index (κ2) is 3.85. The third kappa shape index (κ3) is 2.00. The van der Waals surface area contributed by atoms with Gasteiger partial charge in [0.05, 0.1) is 5.69 Å². The van der Waals surface area contributed by atoms with E-state index in [0.29, 0.717) is 0 Å². The molecule has 1 fully saturated rings. The average Bonchev–Trinajstić information content (AvgIpc) is 2.72. The molecule has 15 heavy (non-hydrogen) atoms. The standard InChI is InChI=1S/C11H19N3O/c1-11(2)5-4-6-14(11)10-13-9(7-12-3)8-15-10/h8,12H,4-7H2,1-3H3. The summed E-state index contributed by atoms with van der Waals surface area (Å²) in [7, 11) is 1.91. The zero-order valence-corrected chi connectivity index (χ0v) is 9.71. The van der Waals surface area contributed by atoms with Crippen LogP contribution in [0.1, 0.15) is 32.4 Å². The molecule has 84 valence electrons. The van der Waals surface area contributed by atoms with Crippen molar-refractivity contribution in [1.82, 2.24) is 10.3 Å². The van der Waals surface area contributed by atoms with E-state index in [2.05, 4.69) is 29.0 Å². The number of nitrogens with one attached hydrogen (secondary N) is 1. The van der Waals surface area contributed by atoms with Crippen LogP contribution in [-0.2, 0) is 6.54 Å². The maximum Gasteiger partial charge on any atom is 0.297 e. The normalized spacial score (nSPS) is 19.8. The van der Waals surface area contributed by atoms with Crippen LogP contribution in [0.25, 0.3) is 0 Å². The molecular weight excluding hydrogens is 190 g/mol. The molecule has 1 aliphatic heterocycles. The van der Waals surface area contributed by atoms with Gasteiger partial charge in [0.2, 0.25) is 0 Å². The Morgan fingerprint density at radius 1 is 1.60 bits per heavy atom. The topological polar surface area (TPSA) is 41.3 Å². The van der Waals surface area contributed by atoms with Crippen LogP contribution < -0.4 is 10.2 Å². The predicted molar refractivity (Wildman–Crippen MR) is 59.9 cm³/mol. The summed E-state index contributed by atoms with van der Waals surface area (Å²) >= 11 is 0. The van der Waals surface area contributed by atoms with E-state index in [1.54, 1.807) is 6.26 Å². The number of anilines is 1. The molecule has 1 aromatic rings. The van der Waals surface area contributed by atoms with Crippen LogP contribution >= 0.6 is 0 Å². The molecule has 0 amide bonds. The number of nitrogens with zero attached hydrogens (tertiary/aromatic N) is 2. The molecule has 0 aromatic carbocycles. The lowest BCUT2D eigenvalue weighted by Gasteiger charge is -2.29. The van der Waals surface area contributed by atoms with Crippen LogP contribution in [0.5, 0.6) is 0 Å². The lowest BCUT2D eigenvalue weighted by molar-refractivity contribution is 0.458. The van der Waals surface area contributed by atoms with Crippen molar-refractivity contribution in [3.05, 3.63) is 12.0 Å². The Hall–Kier alpha value is -1.03. The minimum Gasteiger partial charge on any atom is -0.432 e. The maximum atomic E-state index is 5.51. The summed E-state index contributed by atoms with van der Waals surface area (Å²) in [6, 6.07) is 0.766. The van der Waals surface area contributed by atoms with Crippen LogP contribution in [0.2, 0.25) is 0 Å². The summed E-state index contributed by atoms with van der Waals surface area (Å²) in [5.74, 6) is 0. The minimum atomic E-state index is 0.182. The first-order valence-corrected chi connectivity index (χ1v) is 5.50. The fourth-order valence-electron chi connectivity index (χ4n) is 2.14. The van der Waals surface area contributed by atoms with E-state index in [1.165, 1.54) is 12.8 Å². The first-order valence-electron chi connectivity index (χ1n) is 5.50. The summed E-state index contributed by atoms with van der Waals surface area (Å²) < 4.78 is 5.51. The molecule has 0 unspecified atom stereocenters. The Labute approximate surface area is 90.7 Å². The number of hydrogen-bond acceptors (Lipinski definition) is 4. The van der Waals surface area contributed by atoms with E-state index in [1.807, 2.05) is 7.05 Å². The van der Waals surface area contributed by atoms with Gasteiger partial charge in [0.25, 0.3) is 6.01 Å². The van der Waals surface area contributed by atoms with Gasteiger partial charge in [-0.25, -0.2) is 0 Å². The largest absolute Gasteiger partial charge is 0.432 e. The predicted octanol–water partition coefficient (Wildman–Crippen LogP) is 1.77. The first kappa shape index (κ1) is 10.5. The van der Waals surface area contributed by atoms with Crippen molar-refractivity contribution in [2.45, 2.75) is 38.8 Å². The highest BCUT2D eigenvalue weighted by Gasteiger charge is 2.34. The summed E-state index contributed by atoms with van der Waals surface area (Å²) in [5.41, 5.74) is 1.15. The smallest absolute Gasteiger partial charge is 0.297 e. The molecule has 0 aliphatic carbocycles. The summed E-state index contributed by atoms with van der Waals surface area (Å²) in [5, 5.41) is 3.07. The van der Waals surface area contributed by atoms with Gasteiger partial charge in [0.15, 0.2) is 0 Å². The number of rotatable bonds is 3. The quantitative estimate of drug-likeness (QED) is 0.823. The van der Waals surface area contributed by atoms with E-state index in [4.69, 9.17) is 4.42 Å². The molecule has 1 N–H and O–H groups in total. The van der Waals surface area contributed by atoms with Gasteiger partial charge < -0.3 is 14.6 Å². The summed E-state index contributed by atoms with van der Waals surface area (Å²) in [4.78, 5) is 6.73. The highest BCUT2D eigenvalue weighted by atomic mass is 16.4. The molecule has 2 heterocycles. The summed E-state index contributed by atoms with van der Waals surface area (Å²) in [6.07, 6.45) is 4.16. The molecule has 1 aromatic heterocycles. The molecule has 0 bridgehead atoms. The van der Waals surface area contributed by atoms with Crippen molar-refractivity contribution in [3.63, 3.8) is 0 Å². The number of hydrogen-bond donors (Lipinski definition) is 1. The Morgan fingerprint density at radius 2 is 2.40 bits per heavy atom. The van der Waals surface area contributed by atoms with Gasteiger partial charge in [-0.2, -0.15) is 4.98 Å². The summed E-state index contributed by atoms with van der Waals surface area (Å²) in [6.45, 7) is 6.29. The third-order valence-electron chi connectivity index (χ3n) is 3.03. The molecule has 4 heteroatoms. The van der Waals surface area contributed by atoms with E-state index in [9.17, 15) is 0 Å². The van der Waals surface area contributed by atoms with Gasteiger partial charge in [-0.05, 0) is 33.7 Å². The zero-order chi connectivity index (χ0) is 10.9. The van der Waals surface area contributed by atoms with Crippen LogP contribution in [0, 0.1) is 0 Å². The van der Waals surface area contributed by atoms with Gasteiger partial charge in [-0.15, -0.1) is 0 Å². The molecule has 1 aliphatic rings. The van der Waals surface area contributed by atoms with Crippen molar-refractivity contribution in [1.29, 1.82) is 0 Å². The fourth-order valence-corrected chi connectivity index (χ4v) is 2.14. The Morgan fingerprint density at radius 3 is 3.00 bits per heavy atom. The SMILES string of the molecule is CNCc1coc(N2CCCC2(C)C)n1. The van der Waals surface area contributed by atoms with E-state index < -0.39 is 0 Å². The van der Waals surface area contributed by atoms with Crippen molar-refractivity contribution in [3.8, 4) is 0 Å². The fraction of sp³-hybridized carbons (Fsp3) is 0.727. The molecule has 1 saturated heterocycles. The second-order valence-corrected chi connectivity index (χ2v) is 4.72. The van der Waals surface area contributed by atoms with E-state index in [0.717, 1.165) is 24.8 Å². The molecule has 0 radical (unpaired) electrons. The highest BCUT2D eigenvalue weighted by molar-refractivity contribution is 5.33. The lowest BCUT2D eigenvalue weighted by atomic mass is 10.0. The monoisotopic (exact) mass is 209 g/mol. The van der Waals surface area contributed by atoms with Gasteiger partial charge in [0.1, 0.15) is 6.26 Å². The molecule has 2 rings (SSSR count). The molecule has 0 atom stereocenters. The molecule has 0 saturated carbocycles. The molecule has 4 nitrogen and oxygen atoms in total. The number of aromatic nitrogens is 1. The Bertz CT molecular complexity index is 332. The van der Waals surface area contributed by atoms with E-state index >= 15 is 0 Å². The van der Waals surface area contributed by atoms with Gasteiger partial charge >= 0.3 is 0 Å². The number of oxazole rings is 1.